The lowest BCUT2D eigenvalue weighted by molar-refractivity contribution is 0.824. The molecule has 0 aliphatic carbocycles. The first kappa shape index (κ1) is 8.70. The molecule has 0 fully saturated rings. The van der Waals surface area contributed by atoms with Crippen LogP contribution in [0.1, 0.15) is 5.82 Å². The molecule has 5 N–H and O–H groups in total. The molecule has 0 saturated carbocycles. The largest absolute Gasteiger partial charge is 0.412 e. The van der Waals surface area contributed by atoms with Gasteiger partial charge in [-0.25, -0.2) is 4.98 Å². The standard InChI is InChI=1S/C8H9N3.H2O/c9-5-8-10-6-3-1-2-4-7(6)11-8;/h1-4H,5,9H2,(H,10,11);1H2. The van der Waals surface area contributed by atoms with Crippen molar-refractivity contribution in [1.82, 2.24) is 9.97 Å². The van der Waals surface area contributed by atoms with Gasteiger partial charge in [0.2, 0.25) is 0 Å². The summed E-state index contributed by atoms with van der Waals surface area (Å²) in [5.74, 6) is 0.839. The Hall–Kier alpha value is -1.39. The summed E-state index contributed by atoms with van der Waals surface area (Å²) in [6, 6.07) is 7.89. The Kier molecular flexibility index (Phi) is 2.42. The van der Waals surface area contributed by atoms with E-state index in [1.54, 1.807) is 0 Å². The molecule has 12 heavy (non-hydrogen) atoms. The van der Waals surface area contributed by atoms with E-state index in [1.807, 2.05) is 24.3 Å². The molecule has 0 aliphatic heterocycles. The van der Waals surface area contributed by atoms with Gasteiger partial charge in [-0.15, -0.1) is 0 Å². The molecule has 2 rings (SSSR count). The summed E-state index contributed by atoms with van der Waals surface area (Å²) in [5, 5.41) is 0. The summed E-state index contributed by atoms with van der Waals surface area (Å²) in [5.41, 5.74) is 7.45. The zero-order valence-electron chi connectivity index (χ0n) is 6.54. The molecule has 4 nitrogen and oxygen atoms in total. The lowest BCUT2D eigenvalue weighted by atomic mass is 10.3. The highest BCUT2D eigenvalue weighted by atomic mass is 16.0. The first-order valence-electron chi connectivity index (χ1n) is 3.54. The number of aromatic amines is 1. The van der Waals surface area contributed by atoms with Crippen LogP contribution in [0.4, 0.5) is 0 Å². The second kappa shape index (κ2) is 3.34. The van der Waals surface area contributed by atoms with E-state index in [0.717, 1.165) is 16.9 Å². The average Bonchev–Trinajstić information content (AvgIpc) is 2.46. The Labute approximate surface area is 69.7 Å². The van der Waals surface area contributed by atoms with E-state index < -0.39 is 0 Å². The van der Waals surface area contributed by atoms with E-state index in [4.69, 9.17) is 5.73 Å². The second-order valence-electron chi connectivity index (χ2n) is 2.40. The van der Waals surface area contributed by atoms with Crippen LogP contribution in [0.25, 0.3) is 11.0 Å². The first-order chi connectivity index (χ1) is 5.40. The topological polar surface area (TPSA) is 86.2 Å². The van der Waals surface area contributed by atoms with Crippen LogP contribution in [-0.4, -0.2) is 15.4 Å². The maximum Gasteiger partial charge on any atom is 0.121 e. The van der Waals surface area contributed by atoms with Gasteiger partial charge in [-0.2, -0.15) is 0 Å². The highest BCUT2D eigenvalue weighted by molar-refractivity contribution is 5.74. The Morgan fingerprint density at radius 3 is 2.75 bits per heavy atom. The third-order valence-electron chi connectivity index (χ3n) is 1.63. The molecule has 0 spiro atoms. The number of imidazole rings is 1. The smallest absolute Gasteiger partial charge is 0.121 e. The zero-order chi connectivity index (χ0) is 7.68. The molecule has 0 unspecified atom stereocenters. The Morgan fingerprint density at radius 1 is 1.33 bits per heavy atom. The molecule has 0 saturated heterocycles. The van der Waals surface area contributed by atoms with Gasteiger partial charge < -0.3 is 16.2 Å². The molecule has 0 atom stereocenters. The maximum atomic E-state index is 5.42. The minimum absolute atomic E-state index is 0. The van der Waals surface area contributed by atoms with Crippen LogP contribution >= 0.6 is 0 Å². The number of benzene rings is 1. The first-order valence-corrected chi connectivity index (χ1v) is 3.54. The third kappa shape index (κ3) is 1.30. The number of nitrogens with one attached hydrogen (secondary N) is 1. The highest BCUT2D eigenvalue weighted by Gasteiger charge is 1.97. The van der Waals surface area contributed by atoms with Crippen molar-refractivity contribution in [3.8, 4) is 0 Å². The number of para-hydroxylation sites is 2. The third-order valence-corrected chi connectivity index (χ3v) is 1.63. The molecule has 0 bridgehead atoms. The van der Waals surface area contributed by atoms with E-state index in [9.17, 15) is 0 Å². The quantitative estimate of drug-likeness (QED) is 0.632. The van der Waals surface area contributed by atoms with E-state index in [2.05, 4.69) is 9.97 Å². The molecule has 1 aromatic heterocycles. The summed E-state index contributed by atoms with van der Waals surface area (Å²) in [4.78, 5) is 7.36. The summed E-state index contributed by atoms with van der Waals surface area (Å²) in [6.07, 6.45) is 0. The maximum absolute atomic E-state index is 5.42. The molecular weight excluding hydrogens is 154 g/mol. The van der Waals surface area contributed by atoms with Crippen LogP contribution in [0.15, 0.2) is 24.3 Å². The number of hydrogen-bond donors (Lipinski definition) is 2. The number of fused-ring (bicyclic) bond motifs is 1. The van der Waals surface area contributed by atoms with Gasteiger partial charge >= 0.3 is 0 Å². The number of nitrogens with two attached hydrogens (primary N) is 1. The van der Waals surface area contributed by atoms with Crippen LogP contribution in [0.3, 0.4) is 0 Å². The molecular formula is C8H11N3O. The zero-order valence-corrected chi connectivity index (χ0v) is 6.54. The molecule has 64 valence electrons. The SMILES string of the molecule is NCc1nc2ccccc2[nH]1.O. The predicted molar refractivity (Wildman–Crippen MR) is 47.6 cm³/mol. The summed E-state index contributed by atoms with van der Waals surface area (Å²) >= 11 is 0. The number of hydrogen-bond acceptors (Lipinski definition) is 2. The van der Waals surface area contributed by atoms with Crippen molar-refractivity contribution in [2.45, 2.75) is 6.54 Å². The van der Waals surface area contributed by atoms with E-state index >= 15 is 0 Å². The molecule has 0 aliphatic rings. The van der Waals surface area contributed by atoms with Gasteiger partial charge in [0.15, 0.2) is 0 Å². The number of H-pyrrole nitrogens is 1. The van der Waals surface area contributed by atoms with Crippen LogP contribution in [0.5, 0.6) is 0 Å². The van der Waals surface area contributed by atoms with Gasteiger partial charge in [0.25, 0.3) is 0 Å². The van der Waals surface area contributed by atoms with Crippen LogP contribution in [-0.2, 0) is 6.54 Å². The Morgan fingerprint density at radius 2 is 2.08 bits per heavy atom. The Bertz CT molecular complexity index is 336. The summed E-state index contributed by atoms with van der Waals surface area (Å²) in [6.45, 7) is 0.467. The van der Waals surface area contributed by atoms with Crippen molar-refractivity contribution in [3.05, 3.63) is 30.1 Å². The normalized spacial score (nSPS) is 9.75. The van der Waals surface area contributed by atoms with E-state index in [-0.39, 0.29) is 5.48 Å². The lowest BCUT2D eigenvalue weighted by Crippen LogP contribution is -1.97. The predicted octanol–water partition coefficient (Wildman–Crippen LogP) is 0.197. The fourth-order valence-corrected chi connectivity index (χ4v) is 1.10. The van der Waals surface area contributed by atoms with Crippen molar-refractivity contribution in [2.24, 2.45) is 5.73 Å². The van der Waals surface area contributed by atoms with E-state index in [1.165, 1.54) is 0 Å². The van der Waals surface area contributed by atoms with Crippen LogP contribution in [0.2, 0.25) is 0 Å². The van der Waals surface area contributed by atoms with Crippen molar-refractivity contribution in [3.63, 3.8) is 0 Å². The molecule has 1 heterocycles. The minimum Gasteiger partial charge on any atom is -0.412 e. The van der Waals surface area contributed by atoms with Gasteiger partial charge in [0, 0.05) is 0 Å². The number of aromatic nitrogens is 2. The number of rotatable bonds is 1. The van der Waals surface area contributed by atoms with Gasteiger partial charge in [0.1, 0.15) is 5.82 Å². The van der Waals surface area contributed by atoms with Gasteiger partial charge in [-0.1, -0.05) is 12.1 Å². The van der Waals surface area contributed by atoms with Gasteiger partial charge in [-0.05, 0) is 12.1 Å². The minimum atomic E-state index is 0. The van der Waals surface area contributed by atoms with E-state index in [0.29, 0.717) is 6.54 Å². The fraction of sp³-hybridized carbons (Fsp3) is 0.125. The van der Waals surface area contributed by atoms with Crippen LogP contribution < -0.4 is 5.73 Å². The summed E-state index contributed by atoms with van der Waals surface area (Å²) < 4.78 is 0. The molecule has 0 amide bonds. The molecule has 4 heteroatoms. The number of nitrogens with zero attached hydrogens (tertiary/aromatic N) is 1. The average molecular weight is 165 g/mol. The van der Waals surface area contributed by atoms with Crippen molar-refractivity contribution >= 4 is 11.0 Å². The van der Waals surface area contributed by atoms with Crippen LogP contribution in [0, 0.1) is 0 Å². The Balaban J connectivity index is 0.000000720. The van der Waals surface area contributed by atoms with Crippen molar-refractivity contribution < 1.29 is 5.48 Å². The lowest BCUT2D eigenvalue weighted by Gasteiger charge is -1.82. The fourth-order valence-electron chi connectivity index (χ4n) is 1.10. The van der Waals surface area contributed by atoms with Gasteiger partial charge in [0.05, 0.1) is 17.6 Å². The van der Waals surface area contributed by atoms with Crippen molar-refractivity contribution in [2.75, 3.05) is 0 Å². The second-order valence-corrected chi connectivity index (χ2v) is 2.40. The summed E-state index contributed by atoms with van der Waals surface area (Å²) in [7, 11) is 0. The van der Waals surface area contributed by atoms with Gasteiger partial charge in [-0.3, -0.25) is 0 Å². The molecule has 1 aromatic carbocycles. The monoisotopic (exact) mass is 165 g/mol. The molecule has 0 radical (unpaired) electrons. The van der Waals surface area contributed by atoms with Crippen molar-refractivity contribution in [1.29, 1.82) is 0 Å². The highest BCUT2D eigenvalue weighted by Crippen LogP contribution is 2.09. The molecule has 2 aromatic rings.